The summed E-state index contributed by atoms with van der Waals surface area (Å²) >= 11 is 0.893. The molecule has 0 aromatic rings. The fourth-order valence-corrected chi connectivity index (χ4v) is 5.80. The predicted molar refractivity (Wildman–Crippen MR) is 87.7 cm³/mol. The number of ether oxygens (including phenoxy) is 4. The Labute approximate surface area is 141 Å². The second kappa shape index (κ2) is 8.63. The Kier molecular flexibility index (Phi) is 7.38. The molecule has 0 spiro atoms. The van der Waals surface area contributed by atoms with Gasteiger partial charge in [-0.15, -0.1) is 0 Å². The molecule has 2 heterocycles. The Morgan fingerprint density at radius 1 is 1.13 bits per heavy atom. The Bertz CT molecular complexity index is 424. The molecule has 7 nitrogen and oxygen atoms in total. The molecule has 2 saturated heterocycles. The van der Waals surface area contributed by atoms with E-state index in [1.165, 1.54) is 0 Å². The molecule has 2 aliphatic rings. The lowest BCUT2D eigenvalue weighted by molar-refractivity contribution is -0.0239. The smallest absolute Gasteiger partial charge is 0.382 e. The lowest BCUT2D eigenvalue weighted by atomic mass is 10.1. The predicted octanol–water partition coefficient (Wildman–Crippen LogP) is 2.22. The van der Waals surface area contributed by atoms with Crippen molar-refractivity contribution in [3.05, 3.63) is 0 Å². The van der Waals surface area contributed by atoms with Gasteiger partial charge in [-0.25, -0.2) is 4.57 Å². The highest BCUT2D eigenvalue weighted by Gasteiger charge is 2.40. The van der Waals surface area contributed by atoms with Crippen LogP contribution in [0.4, 0.5) is 0 Å². The van der Waals surface area contributed by atoms with Crippen molar-refractivity contribution in [3.8, 4) is 0 Å². The first kappa shape index (κ1) is 19.7. The zero-order chi connectivity index (χ0) is 17.0. The molecular weight excluding hydrogens is 343 g/mol. The van der Waals surface area contributed by atoms with E-state index in [4.69, 9.17) is 23.5 Å². The van der Waals surface area contributed by atoms with Crippen molar-refractivity contribution in [2.24, 2.45) is 0 Å². The lowest BCUT2D eigenvalue weighted by Crippen LogP contribution is -2.28. The molecule has 1 N–H and O–H groups in total. The zero-order valence-electron chi connectivity index (χ0n) is 14.0. The van der Waals surface area contributed by atoms with Crippen molar-refractivity contribution in [2.75, 3.05) is 26.6 Å². The first-order chi connectivity index (χ1) is 10.8. The minimum Gasteiger partial charge on any atom is -0.382 e. The van der Waals surface area contributed by atoms with E-state index in [-0.39, 0.29) is 30.5 Å². The van der Waals surface area contributed by atoms with Crippen LogP contribution in [0.5, 0.6) is 0 Å². The summed E-state index contributed by atoms with van der Waals surface area (Å²) in [5.74, 6) is 0.356. The van der Waals surface area contributed by atoms with Crippen molar-refractivity contribution in [1.29, 1.82) is 0 Å². The number of rotatable bonds is 8. The maximum absolute atomic E-state index is 12.4. The van der Waals surface area contributed by atoms with Gasteiger partial charge >= 0.3 is 6.80 Å². The van der Waals surface area contributed by atoms with Gasteiger partial charge in [0.1, 0.15) is 6.10 Å². The molecule has 7 atom stereocenters. The van der Waals surface area contributed by atoms with Gasteiger partial charge in [0.25, 0.3) is 0 Å². The third-order valence-electron chi connectivity index (χ3n) is 4.08. The molecule has 0 aromatic heterocycles. The highest BCUT2D eigenvalue weighted by atomic mass is 32.7. The van der Waals surface area contributed by atoms with E-state index in [1.807, 2.05) is 13.8 Å². The molecule has 23 heavy (non-hydrogen) atoms. The van der Waals surface area contributed by atoms with Crippen LogP contribution < -0.4 is 0 Å². The monoisotopic (exact) mass is 370 g/mol. The van der Waals surface area contributed by atoms with Crippen LogP contribution in [0.15, 0.2) is 0 Å². The lowest BCUT2D eigenvalue weighted by Gasteiger charge is -2.22. The van der Waals surface area contributed by atoms with Crippen LogP contribution in [0, 0.1) is 0 Å². The van der Waals surface area contributed by atoms with Crippen LogP contribution in [-0.2, 0) is 28.0 Å². The summed E-state index contributed by atoms with van der Waals surface area (Å²) in [6.07, 6.45) is 0.465. The van der Waals surface area contributed by atoms with Crippen LogP contribution in [-0.4, -0.2) is 68.1 Å². The van der Waals surface area contributed by atoms with E-state index in [1.54, 1.807) is 14.2 Å². The highest BCUT2D eigenvalue weighted by molar-refractivity contribution is 8.54. The Hall–Kier alpha value is 0.340. The van der Waals surface area contributed by atoms with E-state index in [2.05, 4.69) is 0 Å². The summed E-state index contributed by atoms with van der Waals surface area (Å²) in [6.45, 7) is 0.435. The van der Waals surface area contributed by atoms with Crippen molar-refractivity contribution < 1.29 is 32.9 Å². The van der Waals surface area contributed by atoms with Crippen LogP contribution in [0.2, 0.25) is 0 Å². The second-order valence-electron chi connectivity index (χ2n) is 6.08. The maximum Gasteiger partial charge on any atom is 0.387 e. The minimum atomic E-state index is -3.79. The molecule has 0 amide bonds. The average Bonchev–Trinajstić information content (AvgIpc) is 2.99. The standard InChI is InChI=1S/C14H27O7PS/c1-9-5-11(18-4)14(20-9)8-23-22(15,16)21-12-6-10(2)19-13(12)7-17-3/h9-14H,5-8H2,1-4H3,(H,15,16)/t9?,10?,11-,12-,13?,14?/m0/s1. The molecule has 0 aromatic carbocycles. The van der Waals surface area contributed by atoms with Crippen LogP contribution in [0.25, 0.3) is 0 Å². The van der Waals surface area contributed by atoms with E-state index in [0.717, 1.165) is 17.8 Å². The summed E-state index contributed by atoms with van der Waals surface area (Å²) < 4.78 is 39.7. The maximum atomic E-state index is 12.4. The fraction of sp³-hybridized carbons (Fsp3) is 1.00. The molecule has 9 heteroatoms. The van der Waals surface area contributed by atoms with Gasteiger partial charge in [0.15, 0.2) is 0 Å². The summed E-state index contributed by atoms with van der Waals surface area (Å²) in [5.41, 5.74) is 0. The molecule has 2 aliphatic heterocycles. The number of hydrogen-bond acceptors (Lipinski definition) is 7. The summed E-state index contributed by atoms with van der Waals surface area (Å²) in [6, 6.07) is 0. The molecule has 0 aliphatic carbocycles. The molecule has 2 fully saturated rings. The Balaban J connectivity index is 1.85. The molecule has 0 saturated carbocycles. The summed E-state index contributed by atoms with van der Waals surface area (Å²) in [5, 5.41) is 0. The topological polar surface area (TPSA) is 83.5 Å². The van der Waals surface area contributed by atoms with Crippen LogP contribution >= 0.6 is 18.2 Å². The third kappa shape index (κ3) is 5.68. The Morgan fingerprint density at radius 2 is 1.74 bits per heavy atom. The molecule has 0 radical (unpaired) electrons. The van der Waals surface area contributed by atoms with Gasteiger partial charge in [0.05, 0.1) is 37.1 Å². The van der Waals surface area contributed by atoms with E-state index in [0.29, 0.717) is 18.8 Å². The van der Waals surface area contributed by atoms with Crippen molar-refractivity contribution in [1.82, 2.24) is 0 Å². The molecular formula is C14H27O7PS. The SMILES string of the molecule is COCC1OC(C)C[C@@H]1OP(=O)(O)SCC1OC(C)C[C@@H]1OC. The molecule has 5 unspecified atom stereocenters. The van der Waals surface area contributed by atoms with Gasteiger partial charge in [-0.3, -0.25) is 4.52 Å². The Morgan fingerprint density at radius 3 is 2.35 bits per heavy atom. The van der Waals surface area contributed by atoms with Crippen molar-refractivity contribution >= 4 is 18.2 Å². The summed E-state index contributed by atoms with van der Waals surface area (Å²) in [7, 11) is 3.20. The minimum absolute atomic E-state index is 0.0120. The van der Waals surface area contributed by atoms with Gasteiger partial charge in [-0.1, -0.05) is 0 Å². The molecule has 2 rings (SSSR count). The van der Waals surface area contributed by atoms with E-state index >= 15 is 0 Å². The van der Waals surface area contributed by atoms with Crippen molar-refractivity contribution in [2.45, 2.75) is 63.3 Å². The molecule has 0 bridgehead atoms. The number of methoxy groups -OCH3 is 2. The van der Waals surface area contributed by atoms with Gasteiger partial charge in [-0.2, -0.15) is 0 Å². The van der Waals surface area contributed by atoms with E-state index < -0.39 is 12.9 Å². The third-order valence-corrected chi connectivity index (χ3v) is 7.10. The van der Waals surface area contributed by atoms with Gasteiger partial charge in [0, 0.05) is 32.8 Å². The zero-order valence-corrected chi connectivity index (χ0v) is 15.8. The largest absolute Gasteiger partial charge is 0.387 e. The van der Waals surface area contributed by atoms with E-state index in [9.17, 15) is 9.46 Å². The fourth-order valence-electron chi connectivity index (χ4n) is 3.03. The second-order valence-corrected chi connectivity index (χ2v) is 9.98. The highest BCUT2D eigenvalue weighted by Crippen LogP contribution is 2.58. The van der Waals surface area contributed by atoms with Crippen molar-refractivity contribution in [3.63, 3.8) is 0 Å². The van der Waals surface area contributed by atoms with Gasteiger partial charge in [0.2, 0.25) is 0 Å². The first-order valence-corrected chi connectivity index (χ1v) is 11.0. The quantitative estimate of drug-likeness (QED) is 0.651. The first-order valence-electron chi connectivity index (χ1n) is 7.83. The number of hydrogen-bond donors (Lipinski definition) is 1. The molecule has 136 valence electrons. The normalized spacial score (nSPS) is 40.4. The average molecular weight is 370 g/mol. The van der Waals surface area contributed by atoms with Gasteiger partial charge in [-0.05, 0) is 25.2 Å². The van der Waals surface area contributed by atoms with Crippen LogP contribution in [0.3, 0.4) is 0 Å². The summed E-state index contributed by atoms with van der Waals surface area (Å²) in [4.78, 5) is 10.1. The van der Waals surface area contributed by atoms with Crippen LogP contribution in [0.1, 0.15) is 26.7 Å². The van der Waals surface area contributed by atoms with Gasteiger partial charge < -0.3 is 23.8 Å².